The predicted octanol–water partition coefficient (Wildman–Crippen LogP) is 2.70. The number of rotatable bonds is 4. The Hall–Kier alpha value is -3.45. The van der Waals surface area contributed by atoms with Crippen LogP contribution in [0, 0.1) is 22.7 Å². The molecule has 0 unspecified atom stereocenters. The second-order valence-corrected chi connectivity index (χ2v) is 6.11. The number of pyridine rings is 1. The molecule has 2 aromatic rings. The van der Waals surface area contributed by atoms with Gasteiger partial charge in [0.05, 0.1) is 13.2 Å². The molecule has 3 rings (SSSR count). The molecular weight excluding hydrogens is 332 g/mol. The zero-order chi connectivity index (χ0) is 18.7. The van der Waals surface area contributed by atoms with Crippen LogP contribution in [0.5, 0.6) is 11.5 Å². The molecule has 1 heterocycles. The van der Waals surface area contributed by atoms with Crippen molar-refractivity contribution >= 4 is 5.82 Å². The van der Waals surface area contributed by atoms with Gasteiger partial charge in [0.2, 0.25) is 0 Å². The van der Waals surface area contributed by atoms with Gasteiger partial charge in [0.1, 0.15) is 29.1 Å². The topological polar surface area (TPSA) is 125 Å². The lowest BCUT2D eigenvalue weighted by Crippen LogP contribution is -2.16. The standard InChI is InChI=1S/C19H18N4O3/c1-25-15-7-6-11(8-16(15)26-12-4-2-3-5-12)17-13(9-20)18(22)23-19(24)14(17)10-21/h6-8,12H,2-5H2,1H3,(H3,22,23,24). The summed E-state index contributed by atoms with van der Waals surface area (Å²) in [6, 6.07) is 8.89. The Bertz CT molecular complexity index is 976. The molecule has 0 spiro atoms. The molecule has 0 amide bonds. The van der Waals surface area contributed by atoms with Gasteiger partial charge in [-0.05, 0) is 43.4 Å². The van der Waals surface area contributed by atoms with Crippen molar-refractivity contribution in [2.24, 2.45) is 0 Å². The van der Waals surface area contributed by atoms with Gasteiger partial charge in [0.15, 0.2) is 11.5 Å². The molecule has 132 valence electrons. The Morgan fingerprint density at radius 1 is 1.15 bits per heavy atom. The first-order valence-electron chi connectivity index (χ1n) is 8.30. The Morgan fingerprint density at radius 3 is 2.46 bits per heavy atom. The molecule has 0 aliphatic heterocycles. The van der Waals surface area contributed by atoms with Crippen molar-refractivity contribution < 1.29 is 9.47 Å². The van der Waals surface area contributed by atoms with Crippen molar-refractivity contribution in [2.75, 3.05) is 12.8 Å². The largest absolute Gasteiger partial charge is 0.493 e. The minimum atomic E-state index is -0.631. The van der Waals surface area contributed by atoms with Gasteiger partial charge < -0.3 is 20.2 Å². The minimum absolute atomic E-state index is 0.0538. The van der Waals surface area contributed by atoms with Gasteiger partial charge in [0, 0.05) is 5.56 Å². The fourth-order valence-electron chi connectivity index (χ4n) is 3.24. The Kier molecular flexibility index (Phi) is 4.81. The maximum Gasteiger partial charge on any atom is 0.268 e. The first kappa shape index (κ1) is 17.4. The van der Waals surface area contributed by atoms with Crippen LogP contribution in [-0.2, 0) is 0 Å². The molecule has 0 bridgehead atoms. The molecule has 0 atom stereocenters. The van der Waals surface area contributed by atoms with Crippen LogP contribution in [-0.4, -0.2) is 18.2 Å². The maximum absolute atomic E-state index is 12.1. The summed E-state index contributed by atoms with van der Waals surface area (Å²) in [6.45, 7) is 0. The van der Waals surface area contributed by atoms with E-state index in [1.54, 1.807) is 25.3 Å². The lowest BCUT2D eigenvalue weighted by molar-refractivity contribution is 0.201. The van der Waals surface area contributed by atoms with Crippen LogP contribution in [0.3, 0.4) is 0 Å². The third kappa shape index (κ3) is 3.07. The summed E-state index contributed by atoms with van der Waals surface area (Å²) >= 11 is 0. The van der Waals surface area contributed by atoms with Crippen LogP contribution in [0.15, 0.2) is 23.0 Å². The molecule has 1 aliphatic carbocycles. The number of methoxy groups -OCH3 is 1. The lowest BCUT2D eigenvalue weighted by Gasteiger charge is -2.17. The summed E-state index contributed by atoms with van der Waals surface area (Å²) in [7, 11) is 1.54. The summed E-state index contributed by atoms with van der Waals surface area (Å²) in [6.07, 6.45) is 4.29. The SMILES string of the molecule is COc1ccc(-c2c(C#N)c(N)[nH]c(=O)c2C#N)cc1OC1CCCC1. The highest BCUT2D eigenvalue weighted by atomic mass is 16.5. The lowest BCUT2D eigenvalue weighted by atomic mass is 9.96. The Labute approximate surface area is 150 Å². The summed E-state index contributed by atoms with van der Waals surface area (Å²) in [4.78, 5) is 14.4. The van der Waals surface area contributed by atoms with Gasteiger partial charge >= 0.3 is 0 Å². The number of nitriles is 2. The monoisotopic (exact) mass is 350 g/mol. The van der Waals surface area contributed by atoms with E-state index in [4.69, 9.17) is 15.2 Å². The average molecular weight is 350 g/mol. The van der Waals surface area contributed by atoms with E-state index in [2.05, 4.69) is 4.98 Å². The van der Waals surface area contributed by atoms with E-state index in [1.807, 2.05) is 12.1 Å². The molecule has 7 nitrogen and oxygen atoms in total. The van der Waals surface area contributed by atoms with Crippen LogP contribution < -0.4 is 20.8 Å². The fraction of sp³-hybridized carbons (Fsp3) is 0.316. The highest BCUT2D eigenvalue weighted by Crippen LogP contribution is 2.37. The highest BCUT2D eigenvalue weighted by molar-refractivity contribution is 5.81. The smallest absolute Gasteiger partial charge is 0.268 e. The van der Waals surface area contributed by atoms with E-state index in [-0.39, 0.29) is 28.6 Å². The van der Waals surface area contributed by atoms with Gasteiger partial charge in [-0.25, -0.2) is 0 Å². The third-order valence-corrected chi connectivity index (χ3v) is 4.52. The molecular formula is C19H18N4O3. The molecule has 0 radical (unpaired) electrons. The Balaban J connectivity index is 2.17. The molecule has 0 saturated heterocycles. The predicted molar refractivity (Wildman–Crippen MR) is 95.8 cm³/mol. The summed E-state index contributed by atoms with van der Waals surface area (Å²) in [5.41, 5.74) is 5.75. The molecule has 1 saturated carbocycles. The number of aromatic nitrogens is 1. The van der Waals surface area contributed by atoms with Crippen molar-refractivity contribution in [3.8, 4) is 34.8 Å². The van der Waals surface area contributed by atoms with Gasteiger partial charge in [-0.3, -0.25) is 4.79 Å². The number of hydrogen-bond acceptors (Lipinski definition) is 6. The van der Waals surface area contributed by atoms with Gasteiger partial charge in [0.25, 0.3) is 5.56 Å². The van der Waals surface area contributed by atoms with Crippen LogP contribution >= 0.6 is 0 Å². The van der Waals surface area contributed by atoms with E-state index >= 15 is 0 Å². The Morgan fingerprint density at radius 2 is 1.85 bits per heavy atom. The average Bonchev–Trinajstić information content (AvgIpc) is 3.14. The third-order valence-electron chi connectivity index (χ3n) is 4.52. The molecule has 26 heavy (non-hydrogen) atoms. The number of benzene rings is 1. The van der Waals surface area contributed by atoms with Gasteiger partial charge in [-0.2, -0.15) is 10.5 Å². The maximum atomic E-state index is 12.1. The molecule has 7 heteroatoms. The normalized spacial score (nSPS) is 13.8. The zero-order valence-electron chi connectivity index (χ0n) is 14.3. The zero-order valence-corrected chi connectivity index (χ0v) is 14.3. The van der Waals surface area contributed by atoms with Crippen LogP contribution in [0.4, 0.5) is 5.82 Å². The fourth-order valence-corrected chi connectivity index (χ4v) is 3.24. The number of nitrogen functional groups attached to an aromatic ring is 1. The number of nitrogens with two attached hydrogens (primary N) is 1. The minimum Gasteiger partial charge on any atom is -0.493 e. The molecule has 3 N–H and O–H groups in total. The van der Waals surface area contributed by atoms with Crippen molar-refractivity contribution in [3.63, 3.8) is 0 Å². The van der Waals surface area contributed by atoms with Crippen molar-refractivity contribution in [1.82, 2.24) is 4.98 Å². The number of anilines is 1. The molecule has 1 aromatic carbocycles. The van der Waals surface area contributed by atoms with E-state index in [9.17, 15) is 15.3 Å². The summed E-state index contributed by atoms with van der Waals surface area (Å²) < 4.78 is 11.4. The van der Waals surface area contributed by atoms with E-state index in [1.165, 1.54) is 0 Å². The van der Waals surface area contributed by atoms with Crippen LogP contribution in [0.1, 0.15) is 36.8 Å². The van der Waals surface area contributed by atoms with Crippen LogP contribution in [0.2, 0.25) is 0 Å². The van der Waals surface area contributed by atoms with Gasteiger partial charge in [-0.1, -0.05) is 6.07 Å². The summed E-state index contributed by atoms with van der Waals surface area (Å²) in [5.74, 6) is 1.000. The molecule has 1 aliphatic rings. The second-order valence-electron chi connectivity index (χ2n) is 6.11. The number of ether oxygens (including phenoxy) is 2. The number of aromatic amines is 1. The van der Waals surface area contributed by atoms with Crippen molar-refractivity contribution in [3.05, 3.63) is 39.7 Å². The van der Waals surface area contributed by atoms with Crippen molar-refractivity contribution in [1.29, 1.82) is 10.5 Å². The number of H-pyrrole nitrogens is 1. The van der Waals surface area contributed by atoms with Crippen molar-refractivity contribution in [2.45, 2.75) is 31.8 Å². The van der Waals surface area contributed by atoms with Gasteiger partial charge in [-0.15, -0.1) is 0 Å². The number of hydrogen-bond donors (Lipinski definition) is 2. The first-order chi connectivity index (χ1) is 12.6. The van der Waals surface area contributed by atoms with Crippen LogP contribution in [0.25, 0.3) is 11.1 Å². The number of nitrogens with zero attached hydrogens (tertiary/aromatic N) is 2. The second kappa shape index (κ2) is 7.20. The summed E-state index contributed by atoms with van der Waals surface area (Å²) in [5, 5.41) is 18.8. The quantitative estimate of drug-likeness (QED) is 0.873. The van der Waals surface area contributed by atoms with E-state index < -0.39 is 5.56 Å². The number of nitrogens with one attached hydrogen (secondary N) is 1. The molecule has 1 aromatic heterocycles. The molecule has 1 fully saturated rings. The van der Waals surface area contributed by atoms with E-state index in [0.717, 1.165) is 25.7 Å². The highest BCUT2D eigenvalue weighted by Gasteiger charge is 2.22. The first-order valence-corrected chi connectivity index (χ1v) is 8.30. The van der Waals surface area contributed by atoms with E-state index in [0.29, 0.717) is 17.1 Å².